The van der Waals surface area contributed by atoms with Crippen LogP contribution in [-0.4, -0.2) is 32.8 Å². The third kappa shape index (κ3) is 3.05. The molecule has 0 fully saturated rings. The number of carbonyl (C=O) groups is 2. The lowest BCUT2D eigenvalue weighted by Gasteiger charge is -2.17. The molecule has 1 rings (SSSR count). The van der Waals surface area contributed by atoms with Crippen LogP contribution in [-0.2, 0) is 11.8 Å². The molecule has 0 spiro atoms. The van der Waals surface area contributed by atoms with Crippen molar-refractivity contribution in [2.45, 2.75) is 26.8 Å². The van der Waals surface area contributed by atoms with E-state index in [0.717, 1.165) is 0 Å². The summed E-state index contributed by atoms with van der Waals surface area (Å²) in [4.78, 5) is 22.8. The zero-order valence-electron chi connectivity index (χ0n) is 10.4. The Bertz CT molecular complexity index is 437. The Morgan fingerprint density at radius 1 is 1.47 bits per heavy atom. The molecule has 0 aliphatic rings. The molecule has 0 aromatic carbocycles. The van der Waals surface area contributed by atoms with Crippen molar-refractivity contribution >= 4 is 11.9 Å². The summed E-state index contributed by atoms with van der Waals surface area (Å²) in [6.07, 6.45) is 1.57. The van der Waals surface area contributed by atoms with Crippen LogP contribution in [0.25, 0.3) is 0 Å². The number of aliphatic carboxylic acids is 1. The Morgan fingerprint density at radius 3 is 2.41 bits per heavy atom. The summed E-state index contributed by atoms with van der Waals surface area (Å²) in [5.41, 5.74) is 0.984. The first-order valence-electron chi connectivity index (χ1n) is 5.36. The van der Waals surface area contributed by atoms with Crippen LogP contribution in [0.2, 0.25) is 0 Å². The molecule has 94 valence electrons. The second-order valence-electron chi connectivity index (χ2n) is 4.34. The average molecular weight is 239 g/mol. The summed E-state index contributed by atoms with van der Waals surface area (Å²) < 4.78 is 1.52. The number of hydrogen-bond acceptors (Lipinski definition) is 3. The Labute approximate surface area is 99.6 Å². The van der Waals surface area contributed by atoms with Gasteiger partial charge in [0.15, 0.2) is 0 Å². The summed E-state index contributed by atoms with van der Waals surface area (Å²) >= 11 is 0. The molecule has 0 unspecified atom stereocenters. The standard InChI is InChI=1S/C11H17N3O3/c1-6(2)9(11(16)17)12-10(15)8-5-14(4)13-7(8)3/h5-6,9H,1-4H3,(H,12,15)(H,16,17)/t9-/m0/s1. The number of rotatable bonds is 4. The Balaban J connectivity index is 2.85. The molecular formula is C11H17N3O3. The van der Waals surface area contributed by atoms with Gasteiger partial charge in [-0.3, -0.25) is 9.48 Å². The van der Waals surface area contributed by atoms with E-state index in [2.05, 4.69) is 10.4 Å². The monoisotopic (exact) mass is 239 g/mol. The van der Waals surface area contributed by atoms with Gasteiger partial charge < -0.3 is 10.4 Å². The molecule has 0 aliphatic heterocycles. The van der Waals surface area contributed by atoms with Crippen LogP contribution < -0.4 is 5.32 Å². The quantitative estimate of drug-likeness (QED) is 0.804. The SMILES string of the molecule is Cc1nn(C)cc1C(=O)N[C@H](C(=O)O)C(C)C. The van der Waals surface area contributed by atoms with Gasteiger partial charge in [0.1, 0.15) is 6.04 Å². The van der Waals surface area contributed by atoms with Crippen LogP contribution in [0.1, 0.15) is 29.9 Å². The van der Waals surface area contributed by atoms with Gasteiger partial charge in [-0.2, -0.15) is 5.10 Å². The zero-order chi connectivity index (χ0) is 13.2. The number of nitrogens with one attached hydrogen (secondary N) is 1. The van der Waals surface area contributed by atoms with Crippen molar-refractivity contribution < 1.29 is 14.7 Å². The lowest BCUT2D eigenvalue weighted by Crippen LogP contribution is -2.44. The summed E-state index contributed by atoms with van der Waals surface area (Å²) in [7, 11) is 1.71. The normalized spacial score (nSPS) is 12.5. The topological polar surface area (TPSA) is 84.2 Å². The molecule has 0 bridgehead atoms. The number of carboxylic acid groups (broad SMARTS) is 1. The smallest absolute Gasteiger partial charge is 0.326 e. The van der Waals surface area contributed by atoms with Crippen LogP contribution in [0, 0.1) is 12.8 Å². The third-order valence-electron chi connectivity index (χ3n) is 2.48. The maximum Gasteiger partial charge on any atom is 0.326 e. The van der Waals surface area contributed by atoms with Gasteiger partial charge in [0.25, 0.3) is 5.91 Å². The second-order valence-corrected chi connectivity index (χ2v) is 4.34. The summed E-state index contributed by atoms with van der Waals surface area (Å²) in [5.74, 6) is -1.61. The predicted molar refractivity (Wildman–Crippen MR) is 61.7 cm³/mol. The van der Waals surface area contributed by atoms with E-state index in [-0.39, 0.29) is 5.92 Å². The van der Waals surface area contributed by atoms with Crippen molar-refractivity contribution in [3.8, 4) is 0 Å². The van der Waals surface area contributed by atoms with Crippen molar-refractivity contribution in [3.05, 3.63) is 17.5 Å². The van der Waals surface area contributed by atoms with Crippen molar-refractivity contribution in [2.75, 3.05) is 0 Å². The van der Waals surface area contributed by atoms with E-state index >= 15 is 0 Å². The van der Waals surface area contributed by atoms with Crippen LogP contribution in [0.4, 0.5) is 0 Å². The molecule has 1 aromatic heterocycles. The maximum atomic E-state index is 11.9. The first kappa shape index (κ1) is 13.2. The molecule has 1 atom stereocenters. The minimum atomic E-state index is -1.03. The minimum absolute atomic E-state index is 0.173. The molecule has 0 saturated carbocycles. The maximum absolute atomic E-state index is 11.9. The first-order valence-corrected chi connectivity index (χ1v) is 5.36. The average Bonchev–Trinajstić information content (AvgIpc) is 2.53. The molecular weight excluding hydrogens is 222 g/mol. The van der Waals surface area contributed by atoms with Crippen LogP contribution in [0.15, 0.2) is 6.20 Å². The number of amides is 1. The highest BCUT2D eigenvalue weighted by atomic mass is 16.4. The molecule has 1 heterocycles. The van der Waals surface area contributed by atoms with Gasteiger partial charge in [-0.15, -0.1) is 0 Å². The Kier molecular flexibility index (Phi) is 3.88. The highest BCUT2D eigenvalue weighted by Gasteiger charge is 2.25. The van der Waals surface area contributed by atoms with Crippen LogP contribution >= 0.6 is 0 Å². The Morgan fingerprint density at radius 2 is 2.06 bits per heavy atom. The van der Waals surface area contributed by atoms with E-state index in [4.69, 9.17) is 5.11 Å². The number of carboxylic acids is 1. The van der Waals surface area contributed by atoms with E-state index in [1.54, 1.807) is 34.0 Å². The molecule has 1 amide bonds. The fourth-order valence-corrected chi connectivity index (χ4v) is 1.56. The van der Waals surface area contributed by atoms with Gasteiger partial charge in [0.05, 0.1) is 11.3 Å². The fraction of sp³-hybridized carbons (Fsp3) is 0.545. The van der Waals surface area contributed by atoms with Gasteiger partial charge in [-0.05, 0) is 12.8 Å². The largest absolute Gasteiger partial charge is 0.480 e. The van der Waals surface area contributed by atoms with Gasteiger partial charge in [-0.25, -0.2) is 4.79 Å². The minimum Gasteiger partial charge on any atom is -0.480 e. The predicted octanol–water partition coefficient (Wildman–Crippen LogP) is 0.568. The van der Waals surface area contributed by atoms with E-state index in [1.165, 1.54) is 4.68 Å². The Hall–Kier alpha value is -1.85. The van der Waals surface area contributed by atoms with E-state index in [9.17, 15) is 9.59 Å². The molecule has 0 aliphatic carbocycles. The fourth-order valence-electron chi connectivity index (χ4n) is 1.56. The lowest BCUT2D eigenvalue weighted by atomic mass is 10.0. The van der Waals surface area contributed by atoms with Crippen LogP contribution in [0.5, 0.6) is 0 Å². The number of nitrogens with zero attached hydrogens (tertiary/aromatic N) is 2. The number of carbonyl (C=O) groups excluding carboxylic acids is 1. The molecule has 0 radical (unpaired) electrons. The number of hydrogen-bond donors (Lipinski definition) is 2. The summed E-state index contributed by atoms with van der Waals surface area (Å²) in [6.45, 7) is 5.20. The van der Waals surface area contributed by atoms with Crippen molar-refractivity contribution in [1.29, 1.82) is 0 Å². The lowest BCUT2D eigenvalue weighted by molar-refractivity contribution is -0.140. The van der Waals surface area contributed by atoms with E-state index < -0.39 is 17.9 Å². The van der Waals surface area contributed by atoms with Gasteiger partial charge in [0, 0.05) is 13.2 Å². The molecule has 6 heteroatoms. The first-order chi connectivity index (χ1) is 7.82. The van der Waals surface area contributed by atoms with E-state index in [0.29, 0.717) is 11.3 Å². The molecule has 17 heavy (non-hydrogen) atoms. The molecule has 0 saturated heterocycles. The molecule has 2 N–H and O–H groups in total. The highest BCUT2D eigenvalue weighted by molar-refractivity contribution is 5.97. The van der Waals surface area contributed by atoms with Crippen LogP contribution in [0.3, 0.4) is 0 Å². The summed E-state index contributed by atoms with van der Waals surface area (Å²) in [5, 5.41) is 15.5. The van der Waals surface area contributed by atoms with Gasteiger partial charge in [-0.1, -0.05) is 13.8 Å². The number of aromatic nitrogens is 2. The van der Waals surface area contributed by atoms with Gasteiger partial charge >= 0.3 is 5.97 Å². The highest BCUT2D eigenvalue weighted by Crippen LogP contribution is 2.07. The van der Waals surface area contributed by atoms with E-state index in [1.807, 2.05) is 0 Å². The van der Waals surface area contributed by atoms with Crippen molar-refractivity contribution in [3.63, 3.8) is 0 Å². The van der Waals surface area contributed by atoms with Crippen molar-refractivity contribution in [2.24, 2.45) is 13.0 Å². The molecule has 6 nitrogen and oxygen atoms in total. The molecule has 1 aromatic rings. The summed E-state index contributed by atoms with van der Waals surface area (Å²) in [6, 6.07) is -0.887. The third-order valence-corrected chi connectivity index (χ3v) is 2.48. The van der Waals surface area contributed by atoms with Crippen molar-refractivity contribution in [1.82, 2.24) is 15.1 Å². The van der Waals surface area contributed by atoms with Gasteiger partial charge in [0.2, 0.25) is 0 Å². The zero-order valence-corrected chi connectivity index (χ0v) is 10.4. The number of aryl methyl sites for hydroxylation is 2. The second kappa shape index (κ2) is 4.99.